The number of nitriles is 1. The summed E-state index contributed by atoms with van der Waals surface area (Å²) in [6.45, 7) is 6.88. The van der Waals surface area contributed by atoms with E-state index in [0.717, 1.165) is 63.6 Å². The number of rotatable bonds is 9. The van der Waals surface area contributed by atoms with Crippen molar-refractivity contribution in [1.29, 1.82) is 5.26 Å². The first-order valence-corrected chi connectivity index (χ1v) is 11.1. The molecule has 2 aromatic carbocycles. The summed E-state index contributed by atoms with van der Waals surface area (Å²) in [4.78, 5) is 5.07. The van der Waals surface area contributed by atoms with Gasteiger partial charge in [-0.3, -0.25) is 9.80 Å². The van der Waals surface area contributed by atoms with Crippen molar-refractivity contribution in [1.82, 2.24) is 9.80 Å². The van der Waals surface area contributed by atoms with Crippen LogP contribution in [0.3, 0.4) is 0 Å². The van der Waals surface area contributed by atoms with Crippen LogP contribution in [0.5, 0.6) is 5.75 Å². The molecule has 2 atom stereocenters. The Kier molecular flexibility index (Phi) is 7.36. The van der Waals surface area contributed by atoms with Gasteiger partial charge in [0, 0.05) is 32.7 Å². The highest BCUT2D eigenvalue weighted by Crippen LogP contribution is 2.20. The van der Waals surface area contributed by atoms with Crippen LogP contribution in [0.1, 0.15) is 24.0 Å². The summed E-state index contributed by atoms with van der Waals surface area (Å²) in [5.41, 5.74) is 2.06. The Morgan fingerprint density at radius 3 is 2.20 bits per heavy atom. The van der Waals surface area contributed by atoms with Gasteiger partial charge in [-0.2, -0.15) is 5.26 Å². The highest BCUT2D eigenvalue weighted by atomic mass is 16.5. The first kappa shape index (κ1) is 20.9. The van der Waals surface area contributed by atoms with Gasteiger partial charge in [0.1, 0.15) is 12.4 Å². The van der Waals surface area contributed by atoms with Gasteiger partial charge in [-0.1, -0.05) is 30.3 Å². The number of hydrogen-bond acceptors (Lipinski definition) is 5. The Labute approximate surface area is 179 Å². The molecule has 30 heavy (non-hydrogen) atoms. The number of unbranched alkanes of at least 4 members (excludes halogenated alkanes) is 1. The molecule has 0 radical (unpaired) electrons. The summed E-state index contributed by atoms with van der Waals surface area (Å²) in [6.07, 6.45) is 4.09. The molecule has 2 aliphatic rings. The number of ether oxygens (including phenoxy) is 2. The zero-order chi connectivity index (χ0) is 20.6. The van der Waals surface area contributed by atoms with Gasteiger partial charge in [0.15, 0.2) is 0 Å². The number of morpholine rings is 2. The number of aryl methyl sites for hydroxylation is 1. The fourth-order valence-electron chi connectivity index (χ4n) is 4.45. The molecule has 0 aliphatic carbocycles. The number of nitrogens with zero attached hydrogens (tertiary/aromatic N) is 3. The molecule has 0 spiro atoms. The fraction of sp³-hybridized carbons (Fsp3) is 0.480. The number of fused-ring (bicyclic) bond motifs is 2. The van der Waals surface area contributed by atoms with Crippen molar-refractivity contribution in [3.8, 4) is 11.8 Å². The van der Waals surface area contributed by atoms with E-state index in [2.05, 4.69) is 28.0 Å². The minimum atomic E-state index is 0.313. The van der Waals surface area contributed by atoms with Crippen molar-refractivity contribution in [3.63, 3.8) is 0 Å². The molecule has 2 saturated heterocycles. The molecule has 0 amide bonds. The van der Waals surface area contributed by atoms with Crippen LogP contribution >= 0.6 is 0 Å². The zero-order valence-corrected chi connectivity index (χ0v) is 17.6. The number of benzene rings is 2. The number of para-hydroxylation sites is 1. The van der Waals surface area contributed by atoms with E-state index in [4.69, 9.17) is 14.7 Å². The van der Waals surface area contributed by atoms with Crippen LogP contribution in [0.15, 0.2) is 54.6 Å². The molecule has 2 unspecified atom stereocenters. The topological polar surface area (TPSA) is 48.7 Å². The first-order valence-electron chi connectivity index (χ1n) is 11.1. The molecule has 5 heteroatoms. The van der Waals surface area contributed by atoms with Gasteiger partial charge in [0.25, 0.3) is 0 Å². The van der Waals surface area contributed by atoms with Gasteiger partial charge in [-0.05, 0) is 55.6 Å². The van der Waals surface area contributed by atoms with Gasteiger partial charge in [-0.15, -0.1) is 0 Å². The second-order valence-corrected chi connectivity index (χ2v) is 8.33. The maximum absolute atomic E-state index is 8.89. The van der Waals surface area contributed by atoms with E-state index in [0.29, 0.717) is 12.2 Å². The first-order chi connectivity index (χ1) is 14.8. The smallest absolute Gasteiger partial charge is 0.119 e. The zero-order valence-electron chi connectivity index (χ0n) is 17.6. The third kappa shape index (κ3) is 6.06. The molecule has 5 nitrogen and oxygen atoms in total. The summed E-state index contributed by atoms with van der Waals surface area (Å²) < 4.78 is 12.1. The van der Waals surface area contributed by atoms with Crippen LogP contribution in [0.25, 0.3) is 0 Å². The normalized spacial score (nSPS) is 21.8. The minimum absolute atomic E-state index is 0.313. The van der Waals surface area contributed by atoms with Crippen LogP contribution in [-0.2, 0) is 11.2 Å². The van der Waals surface area contributed by atoms with Crippen LogP contribution < -0.4 is 4.74 Å². The van der Waals surface area contributed by atoms with Crippen molar-refractivity contribution in [2.24, 2.45) is 0 Å². The SMILES string of the molecule is N#Cc1ccc(CCCCN2CC3CN(CCOc4ccccc4)CC(C2)O3)cc1. The molecule has 0 saturated carbocycles. The lowest BCUT2D eigenvalue weighted by molar-refractivity contribution is -0.139. The summed E-state index contributed by atoms with van der Waals surface area (Å²) >= 11 is 0. The van der Waals surface area contributed by atoms with Gasteiger partial charge in [-0.25, -0.2) is 0 Å². The fourth-order valence-corrected chi connectivity index (χ4v) is 4.45. The van der Waals surface area contributed by atoms with E-state index < -0.39 is 0 Å². The average molecular weight is 406 g/mol. The second kappa shape index (κ2) is 10.6. The lowest BCUT2D eigenvalue weighted by Gasteiger charge is -2.45. The van der Waals surface area contributed by atoms with Crippen LogP contribution in [-0.4, -0.2) is 67.9 Å². The molecular weight excluding hydrogens is 374 g/mol. The monoisotopic (exact) mass is 405 g/mol. The maximum Gasteiger partial charge on any atom is 0.119 e. The molecule has 4 rings (SSSR count). The predicted molar refractivity (Wildman–Crippen MR) is 118 cm³/mol. The van der Waals surface area contributed by atoms with Gasteiger partial charge in [0.2, 0.25) is 0 Å². The standard InChI is InChI=1S/C25H31N3O2/c26-16-22-11-9-21(10-12-22)6-4-5-13-27-17-24-19-28(20-25(18-27)30-24)14-15-29-23-7-2-1-3-8-23/h1-3,7-12,24-25H,4-6,13-15,17-20H2. The van der Waals surface area contributed by atoms with Gasteiger partial charge >= 0.3 is 0 Å². The summed E-state index contributed by atoms with van der Waals surface area (Å²) in [6, 6.07) is 20.2. The van der Waals surface area contributed by atoms with E-state index in [9.17, 15) is 0 Å². The Morgan fingerprint density at radius 2 is 1.53 bits per heavy atom. The van der Waals surface area contributed by atoms with Crippen molar-refractivity contribution in [2.45, 2.75) is 31.5 Å². The molecule has 2 heterocycles. The molecule has 2 bridgehead atoms. The lowest BCUT2D eigenvalue weighted by atomic mass is 10.1. The molecule has 158 valence electrons. The predicted octanol–water partition coefficient (Wildman–Crippen LogP) is 3.34. The Bertz CT molecular complexity index is 805. The van der Waals surface area contributed by atoms with Crippen molar-refractivity contribution in [3.05, 3.63) is 65.7 Å². The molecular formula is C25H31N3O2. The minimum Gasteiger partial charge on any atom is -0.492 e. The molecule has 2 aliphatic heterocycles. The summed E-state index contributed by atoms with van der Waals surface area (Å²) in [5, 5.41) is 8.89. The third-order valence-corrected chi connectivity index (χ3v) is 5.92. The number of hydrogen-bond donors (Lipinski definition) is 0. The largest absolute Gasteiger partial charge is 0.492 e. The van der Waals surface area contributed by atoms with Crippen LogP contribution in [0.4, 0.5) is 0 Å². The highest BCUT2D eigenvalue weighted by Gasteiger charge is 2.34. The quantitative estimate of drug-likeness (QED) is 0.599. The Morgan fingerprint density at radius 1 is 0.867 bits per heavy atom. The summed E-state index contributed by atoms with van der Waals surface area (Å²) in [7, 11) is 0. The molecule has 0 N–H and O–H groups in total. The summed E-state index contributed by atoms with van der Waals surface area (Å²) in [5.74, 6) is 0.943. The van der Waals surface area contributed by atoms with Crippen molar-refractivity contribution in [2.75, 3.05) is 45.9 Å². The third-order valence-electron chi connectivity index (χ3n) is 5.92. The maximum atomic E-state index is 8.89. The van der Waals surface area contributed by atoms with E-state index >= 15 is 0 Å². The van der Waals surface area contributed by atoms with E-state index in [1.807, 2.05) is 42.5 Å². The average Bonchev–Trinajstić information content (AvgIpc) is 2.77. The molecule has 2 aromatic rings. The van der Waals surface area contributed by atoms with E-state index in [-0.39, 0.29) is 0 Å². The van der Waals surface area contributed by atoms with Gasteiger partial charge in [0.05, 0.1) is 23.8 Å². The van der Waals surface area contributed by atoms with Crippen molar-refractivity contribution < 1.29 is 9.47 Å². The second-order valence-electron chi connectivity index (χ2n) is 8.33. The van der Waals surface area contributed by atoms with Gasteiger partial charge < -0.3 is 9.47 Å². The van der Waals surface area contributed by atoms with E-state index in [1.54, 1.807) is 0 Å². The van der Waals surface area contributed by atoms with Crippen LogP contribution in [0, 0.1) is 11.3 Å². The van der Waals surface area contributed by atoms with E-state index in [1.165, 1.54) is 18.4 Å². The van der Waals surface area contributed by atoms with Crippen molar-refractivity contribution >= 4 is 0 Å². The Hall–Kier alpha value is -2.39. The lowest BCUT2D eigenvalue weighted by Crippen LogP contribution is -2.59. The molecule has 0 aromatic heterocycles. The highest BCUT2D eigenvalue weighted by molar-refractivity contribution is 5.31. The van der Waals surface area contributed by atoms with Crippen LogP contribution in [0.2, 0.25) is 0 Å². The molecule has 2 fully saturated rings. The Balaban J connectivity index is 1.13.